The Morgan fingerprint density at radius 1 is 1.58 bits per heavy atom. The van der Waals surface area contributed by atoms with E-state index in [9.17, 15) is 12.8 Å². The highest BCUT2D eigenvalue weighted by atomic mass is 35.7. The van der Waals surface area contributed by atoms with E-state index in [1.807, 2.05) is 0 Å². The van der Waals surface area contributed by atoms with Crippen LogP contribution in [0.15, 0.2) is 18.3 Å². The van der Waals surface area contributed by atoms with E-state index < -0.39 is 20.6 Å². The molecular weight excluding hydrogens is 205 g/mol. The van der Waals surface area contributed by atoms with E-state index >= 15 is 0 Å². The lowest BCUT2D eigenvalue weighted by molar-refractivity contribution is 0.591. The van der Waals surface area contributed by atoms with E-state index in [-0.39, 0.29) is 5.69 Å². The SMILES string of the molecule is O=S(=O)(Cl)Cc1ncccc1F. The van der Waals surface area contributed by atoms with Gasteiger partial charge < -0.3 is 0 Å². The lowest BCUT2D eigenvalue weighted by Gasteiger charge is -1.96. The smallest absolute Gasteiger partial charge is 0.238 e. The van der Waals surface area contributed by atoms with E-state index in [2.05, 4.69) is 4.98 Å². The molecule has 0 aliphatic carbocycles. The summed E-state index contributed by atoms with van der Waals surface area (Å²) in [6.07, 6.45) is 1.31. The van der Waals surface area contributed by atoms with Crippen LogP contribution in [0.1, 0.15) is 5.69 Å². The van der Waals surface area contributed by atoms with Gasteiger partial charge in [0.2, 0.25) is 9.05 Å². The quantitative estimate of drug-likeness (QED) is 0.690. The molecule has 1 heterocycles. The van der Waals surface area contributed by atoms with Gasteiger partial charge >= 0.3 is 0 Å². The van der Waals surface area contributed by atoms with Crippen molar-refractivity contribution in [1.29, 1.82) is 0 Å². The van der Waals surface area contributed by atoms with Crippen LogP contribution in [0.25, 0.3) is 0 Å². The van der Waals surface area contributed by atoms with Crippen LogP contribution in [0.2, 0.25) is 0 Å². The Morgan fingerprint density at radius 2 is 2.25 bits per heavy atom. The number of nitrogens with zero attached hydrogens (tertiary/aromatic N) is 1. The average molecular weight is 210 g/mol. The first-order chi connectivity index (χ1) is 5.49. The number of hydrogen-bond acceptors (Lipinski definition) is 3. The zero-order chi connectivity index (χ0) is 9.19. The van der Waals surface area contributed by atoms with Crippen molar-refractivity contribution in [3.05, 3.63) is 29.8 Å². The topological polar surface area (TPSA) is 47.0 Å². The molecule has 0 bridgehead atoms. The van der Waals surface area contributed by atoms with Gasteiger partial charge in [-0.15, -0.1) is 0 Å². The van der Waals surface area contributed by atoms with Crippen LogP contribution in [-0.4, -0.2) is 13.4 Å². The monoisotopic (exact) mass is 209 g/mol. The van der Waals surface area contributed by atoms with E-state index in [0.717, 1.165) is 6.07 Å². The fourth-order valence-electron chi connectivity index (χ4n) is 0.688. The summed E-state index contributed by atoms with van der Waals surface area (Å²) in [5, 5.41) is 0. The molecule has 1 aromatic rings. The lowest BCUT2D eigenvalue weighted by Crippen LogP contribution is -2.00. The number of halogens is 2. The summed E-state index contributed by atoms with van der Waals surface area (Å²) in [6.45, 7) is 0. The average Bonchev–Trinajstić information content (AvgIpc) is 1.91. The number of aromatic nitrogens is 1. The number of rotatable bonds is 2. The maximum Gasteiger partial charge on any atom is 0.238 e. The van der Waals surface area contributed by atoms with Gasteiger partial charge in [0, 0.05) is 16.9 Å². The van der Waals surface area contributed by atoms with Crippen molar-refractivity contribution in [3.63, 3.8) is 0 Å². The second-order valence-electron chi connectivity index (χ2n) is 2.12. The molecule has 0 amide bonds. The highest BCUT2D eigenvalue weighted by Gasteiger charge is 2.11. The van der Waals surface area contributed by atoms with Gasteiger partial charge in [-0.1, -0.05) is 0 Å². The zero-order valence-electron chi connectivity index (χ0n) is 5.87. The summed E-state index contributed by atoms with van der Waals surface area (Å²) < 4.78 is 33.8. The van der Waals surface area contributed by atoms with Gasteiger partial charge in [0.15, 0.2) is 0 Å². The molecule has 0 aliphatic rings. The predicted molar refractivity (Wildman–Crippen MR) is 42.7 cm³/mol. The van der Waals surface area contributed by atoms with Crippen LogP contribution < -0.4 is 0 Å². The van der Waals surface area contributed by atoms with Crippen molar-refractivity contribution in [1.82, 2.24) is 4.98 Å². The molecule has 6 heteroatoms. The first-order valence-corrected chi connectivity index (χ1v) is 5.48. The predicted octanol–water partition coefficient (Wildman–Crippen LogP) is 1.29. The summed E-state index contributed by atoms with van der Waals surface area (Å²) in [5.74, 6) is -1.25. The second kappa shape index (κ2) is 3.37. The number of hydrogen-bond donors (Lipinski definition) is 0. The third-order valence-corrected chi connectivity index (χ3v) is 2.09. The molecule has 0 atom stereocenters. The molecule has 66 valence electrons. The largest absolute Gasteiger partial charge is 0.257 e. The van der Waals surface area contributed by atoms with Crippen molar-refractivity contribution in [2.45, 2.75) is 5.75 Å². The minimum absolute atomic E-state index is 0.160. The fraction of sp³-hybridized carbons (Fsp3) is 0.167. The van der Waals surface area contributed by atoms with E-state index in [1.54, 1.807) is 0 Å². The maximum absolute atomic E-state index is 12.7. The Bertz CT molecular complexity index is 379. The Morgan fingerprint density at radius 3 is 2.75 bits per heavy atom. The molecular formula is C6H5ClFNO2S. The summed E-state index contributed by atoms with van der Waals surface area (Å²) in [6, 6.07) is 2.50. The molecule has 1 aromatic heterocycles. The van der Waals surface area contributed by atoms with Gasteiger partial charge in [0.05, 0.1) is 5.69 Å². The van der Waals surface area contributed by atoms with Gasteiger partial charge in [0.25, 0.3) is 0 Å². The molecule has 1 rings (SSSR count). The molecule has 3 nitrogen and oxygen atoms in total. The molecule has 0 aromatic carbocycles. The van der Waals surface area contributed by atoms with Crippen molar-refractivity contribution < 1.29 is 12.8 Å². The van der Waals surface area contributed by atoms with E-state index in [0.29, 0.717) is 0 Å². The summed E-state index contributed by atoms with van der Waals surface area (Å²) in [4.78, 5) is 3.53. The molecule has 0 radical (unpaired) electrons. The normalized spacial score (nSPS) is 11.5. The summed E-state index contributed by atoms with van der Waals surface area (Å²) in [5.41, 5.74) is -0.160. The molecule has 0 aliphatic heterocycles. The third-order valence-electron chi connectivity index (χ3n) is 1.14. The molecule has 0 saturated heterocycles. The van der Waals surface area contributed by atoms with Crippen molar-refractivity contribution in [2.75, 3.05) is 0 Å². The molecule has 0 N–H and O–H groups in total. The van der Waals surface area contributed by atoms with Gasteiger partial charge in [-0.3, -0.25) is 4.98 Å². The Kier molecular flexibility index (Phi) is 2.64. The first-order valence-electron chi connectivity index (χ1n) is 3.01. The van der Waals surface area contributed by atoms with Gasteiger partial charge in [0.1, 0.15) is 11.6 Å². The van der Waals surface area contributed by atoms with Gasteiger partial charge in [-0.2, -0.15) is 0 Å². The standard InChI is InChI=1S/C6H5ClFNO2S/c7-12(10,11)4-6-5(8)2-1-3-9-6/h1-3H,4H2. The highest BCUT2D eigenvalue weighted by Crippen LogP contribution is 2.09. The summed E-state index contributed by atoms with van der Waals surface area (Å²) in [7, 11) is 1.18. The molecule has 12 heavy (non-hydrogen) atoms. The van der Waals surface area contributed by atoms with Crippen molar-refractivity contribution in [3.8, 4) is 0 Å². The van der Waals surface area contributed by atoms with Crippen LogP contribution in [0.3, 0.4) is 0 Å². The molecule has 0 unspecified atom stereocenters. The van der Waals surface area contributed by atoms with Crippen LogP contribution in [0, 0.1) is 5.82 Å². The van der Waals surface area contributed by atoms with Crippen LogP contribution in [0.4, 0.5) is 4.39 Å². The van der Waals surface area contributed by atoms with Gasteiger partial charge in [-0.25, -0.2) is 12.8 Å². The summed E-state index contributed by atoms with van der Waals surface area (Å²) >= 11 is 0. The number of pyridine rings is 1. The fourth-order valence-corrected chi connectivity index (χ4v) is 1.54. The van der Waals surface area contributed by atoms with Crippen LogP contribution in [0.5, 0.6) is 0 Å². The minimum Gasteiger partial charge on any atom is -0.257 e. The first kappa shape index (κ1) is 9.41. The van der Waals surface area contributed by atoms with Crippen LogP contribution in [-0.2, 0) is 14.8 Å². The molecule has 0 saturated carbocycles. The second-order valence-corrected chi connectivity index (χ2v) is 4.89. The van der Waals surface area contributed by atoms with Crippen molar-refractivity contribution >= 4 is 19.7 Å². The Balaban J connectivity index is 2.98. The maximum atomic E-state index is 12.7. The van der Waals surface area contributed by atoms with E-state index in [1.165, 1.54) is 12.3 Å². The van der Waals surface area contributed by atoms with Crippen LogP contribution >= 0.6 is 10.7 Å². The minimum atomic E-state index is -3.73. The zero-order valence-corrected chi connectivity index (χ0v) is 7.44. The third kappa shape index (κ3) is 2.75. The Labute approximate surface area is 73.6 Å². The highest BCUT2D eigenvalue weighted by molar-refractivity contribution is 8.13. The molecule has 0 spiro atoms. The van der Waals surface area contributed by atoms with Gasteiger partial charge in [-0.05, 0) is 12.1 Å². The Hall–Kier alpha value is -0.680. The van der Waals surface area contributed by atoms with E-state index in [4.69, 9.17) is 10.7 Å². The van der Waals surface area contributed by atoms with Crippen molar-refractivity contribution in [2.24, 2.45) is 0 Å². The molecule has 0 fully saturated rings. The lowest BCUT2D eigenvalue weighted by atomic mass is 10.4.